The molecule has 1 aromatic rings. The van der Waals surface area contributed by atoms with E-state index >= 15 is 0 Å². The summed E-state index contributed by atoms with van der Waals surface area (Å²) in [5, 5.41) is 0. The average Bonchev–Trinajstić information content (AvgIpc) is 2.27. The Morgan fingerprint density at radius 3 is 2.37 bits per heavy atom. The highest BCUT2D eigenvalue weighted by Gasteiger charge is 2.20. The molecule has 19 heavy (non-hydrogen) atoms. The summed E-state index contributed by atoms with van der Waals surface area (Å²) in [6, 6.07) is 0. The highest BCUT2D eigenvalue weighted by molar-refractivity contribution is 5.45. The van der Waals surface area contributed by atoms with Crippen LogP contribution in [0.15, 0.2) is 0 Å². The number of nitrogens with two attached hydrogens (primary N) is 1. The van der Waals surface area contributed by atoms with Gasteiger partial charge in [0.2, 0.25) is 5.88 Å². The predicted molar refractivity (Wildman–Crippen MR) is 78.5 cm³/mol. The van der Waals surface area contributed by atoms with E-state index in [0.29, 0.717) is 18.3 Å². The summed E-state index contributed by atoms with van der Waals surface area (Å²) in [5.74, 6) is 1.83. The molecule has 0 atom stereocenters. The number of anilines is 1. The minimum atomic E-state index is -0.135. The number of aromatic nitrogens is 2. The molecule has 108 valence electrons. The molecule has 1 heterocycles. The summed E-state index contributed by atoms with van der Waals surface area (Å²) in [4.78, 5) is 11.0. The van der Waals surface area contributed by atoms with E-state index in [-0.39, 0.29) is 5.41 Å². The van der Waals surface area contributed by atoms with E-state index < -0.39 is 0 Å². The van der Waals surface area contributed by atoms with Gasteiger partial charge in [0.15, 0.2) is 0 Å². The fourth-order valence-corrected chi connectivity index (χ4v) is 1.54. The third-order valence-corrected chi connectivity index (χ3v) is 2.80. The van der Waals surface area contributed by atoms with E-state index in [4.69, 9.17) is 10.5 Å². The van der Waals surface area contributed by atoms with E-state index in [9.17, 15) is 0 Å². The topological polar surface area (TPSA) is 64.3 Å². The first-order valence-corrected chi connectivity index (χ1v) is 6.64. The molecule has 0 aromatic carbocycles. The van der Waals surface area contributed by atoms with E-state index in [0.717, 1.165) is 24.4 Å². The zero-order valence-electron chi connectivity index (χ0n) is 12.9. The molecule has 0 amide bonds. The monoisotopic (exact) mass is 266 g/mol. The minimum absolute atomic E-state index is 0.135. The third-order valence-electron chi connectivity index (χ3n) is 2.80. The largest absolute Gasteiger partial charge is 0.477 e. The Labute approximate surface area is 116 Å². The van der Waals surface area contributed by atoms with Gasteiger partial charge in [0.25, 0.3) is 0 Å². The number of rotatable bonds is 5. The van der Waals surface area contributed by atoms with Gasteiger partial charge in [0, 0.05) is 12.0 Å². The first kappa shape index (κ1) is 15.7. The molecule has 0 aliphatic carbocycles. The lowest BCUT2D eigenvalue weighted by molar-refractivity contribution is 0.269. The van der Waals surface area contributed by atoms with Crippen LogP contribution in [0.2, 0.25) is 0 Å². The van der Waals surface area contributed by atoms with Gasteiger partial charge in [-0.2, -0.15) is 4.98 Å². The van der Waals surface area contributed by atoms with Gasteiger partial charge in [0.1, 0.15) is 11.6 Å². The van der Waals surface area contributed by atoms with Gasteiger partial charge in [-0.3, -0.25) is 0 Å². The highest BCUT2D eigenvalue weighted by atomic mass is 16.5. The summed E-state index contributed by atoms with van der Waals surface area (Å²) >= 11 is 0. The first-order valence-electron chi connectivity index (χ1n) is 6.64. The molecule has 5 heteroatoms. The van der Waals surface area contributed by atoms with Crippen LogP contribution in [-0.4, -0.2) is 42.1 Å². The van der Waals surface area contributed by atoms with Crippen molar-refractivity contribution in [2.24, 2.45) is 0 Å². The van der Waals surface area contributed by atoms with Crippen molar-refractivity contribution in [1.29, 1.82) is 0 Å². The SMILES string of the molecule is Cc1c(N)nc(C(C)(C)C)nc1OCCCN(C)C. The lowest BCUT2D eigenvalue weighted by Gasteiger charge is -2.19. The van der Waals surface area contributed by atoms with Crippen LogP contribution in [0.1, 0.15) is 38.6 Å². The molecular formula is C14H26N4O. The second-order valence-electron chi connectivity index (χ2n) is 6.12. The van der Waals surface area contributed by atoms with Gasteiger partial charge in [-0.05, 0) is 27.4 Å². The van der Waals surface area contributed by atoms with E-state index in [1.807, 2.05) is 21.0 Å². The summed E-state index contributed by atoms with van der Waals surface area (Å²) in [6.45, 7) is 9.71. The molecule has 1 aromatic heterocycles. The standard InChI is InChI=1S/C14H26N4O/c1-10-11(15)16-13(14(2,3)4)17-12(10)19-9-7-8-18(5)6/h7-9H2,1-6H3,(H2,15,16,17). The van der Waals surface area contributed by atoms with Gasteiger partial charge in [-0.25, -0.2) is 4.98 Å². The molecule has 0 unspecified atom stereocenters. The van der Waals surface area contributed by atoms with Crippen LogP contribution in [0.3, 0.4) is 0 Å². The zero-order chi connectivity index (χ0) is 14.6. The molecule has 1 rings (SSSR count). The van der Waals surface area contributed by atoms with Gasteiger partial charge in [-0.15, -0.1) is 0 Å². The van der Waals surface area contributed by atoms with E-state index in [2.05, 4.69) is 35.6 Å². The maximum atomic E-state index is 5.93. The van der Waals surface area contributed by atoms with Crippen LogP contribution in [0.5, 0.6) is 5.88 Å². The predicted octanol–water partition coefficient (Wildman–Crippen LogP) is 2.00. The zero-order valence-corrected chi connectivity index (χ0v) is 12.9. The number of nitrogen functional groups attached to an aromatic ring is 1. The lowest BCUT2D eigenvalue weighted by atomic mass is 9.95. The second-order valence-corrected chi connectivity index (χ2v) is 6.12. The smallest absolute Gasteiger partial charge is 0.221 e. The normalized spacial score (nSPS) is 11.9. The third kappa shape index (κ3) is 4.67. The maximum absolute atomic E-state index is 5.93. The van der Waals surface area contributed by atoms with Crippen molar-refractivity contribution in [3.63, 3.8) is 0 Å². The lowest BCUT2D eigenvalue weighted by Crippen LogP contribution is -2.19. The maximum Gasteiger partial charge on any atom is 0.221 e. The Morgan fingerprint density at radius 1 is 1.21 bits per heavy atom. The van der Waals surface area contributed by atoms with Crippen LogP contribution in [0, 0.1) is 6.92 Å². The Kier molecular flexibility index (Phi) is 5.11. The first-order chi connectivity index (χ1) is 8.71. The Bertz CT molecular complexity index is 424. The van der Waals surface area contributed by atoms with Crippen LogP contribution in [-0.2, 0) is 5.41 Å². The van der Waals surface area contributed by atoms with Gasteiger partial charge in [-0.1, -0.05) is 20.8 Å². The number of hydrogen-bond acceptors (Lipinski definition) is 5. The number of nitrogens with zero attached hydrogens (tertiary/aromatic N) is 3. The molecule has 2 N–H and O–H groups in total. The van der Waals surface area contributed by atoms with Crippen molar-refractivity contribution in [3.05, 3.63) is 11.4 Å². The van der Waals surface area contributed by atoms with Crippen molar-refractivity contribution in [2.45, 2.75) is 39.5 Å². The summed E-state index contributed by atoms with van der Waals surface area (Å²) in [5.41, 5.74) is 6.61. The summed E-state index contributed by atoms with van der Waals surface area (Å²) in [7, 11) is 4.09. The van der Waals surface area contributed by atoms with Crippen molar-refractivity contribution in [2.75, 3.05) is 33.0 Å². The van der Waals surface area contributed by atoms with Crippen LogP contribution in [0.25, 0.3) is 0 Å². The van der Waals surface area contributed by atoms with Crippen LogP contribution >= 0.6 is 0 Å². The molecule has 0 saturated carbocycles. The Hall–Kier alpha value is -1.36. The van der Waals surface area contributed by atoms with Crippen LogP contribution in [0.4, 0.5) is 5.82 Å². The molecule has 0 fully saturated rings. The molecule has 5 nitrogen and oxygen atoms in total. The van der Waals surface area contributed by atoms with Gasteiger partial charge in [0.05, 0.1) is 12.2 Å². The van der Waals surface area contributed by atoms with Crippen LogP contribution < -0.4 is 10.5 Å². The number of hydrogen-bond donors (Lipinski definition) is 1. The molecule has 0 bridgehead atoms. The highest BCUT2D eigenvalue weighted by Crippen LogP contribution is 2.26. The number of ether oxygens (including phenoxy) is 1. The summed E-state index contributed by atoms with van der Waals surface area (Å²) in [6.07, 6.45) is 0.960. The van der Waals surface area contributed by atoms with Crippen molar-refractivity contribution in [3.8, 4) is 5.88 Å². The Morgan fingerprint density at radius 2 is 1.84 bits per heavy atom. The molecule has 0 radical (unpaired) electrons. The second kappa shape index (κ2) is 6.19. The quantitative estimate of drug-likeness (QED) is 0.826. The fraction of sp³-hybridized carbons (Fsp3) is 0.714. The molecule has 0 spiro atoms. The van der Waals surface area contributed by atoms with E-state index in [1.165, 1.54) is 0 Å². The minimum Gasteiger partial charge on any atom is -0.477 e. The molecular weight excluding hydrogens is 240 g/mol. The van der Waals surface area contributed by atoms with E-state index in [1.54, 1.807) is 0 Å². The van der Waals surface area contributed by atoms with Crippen molar-refractivity contribution in [1.82, 2.24) is 14.9 Å². The van der Waals surface area contributed by atoms with Crippen molar-refractivity contribution >= 4 is 5.82 Å². The molecule has 0 aliphatic heterocycles. The Balaban J connectivity index is 2.79. The van der Waals surface area contributed by atoms with Gasteiger partial charge >= 0.3 is 0 Å². The molecule has 0 saturated heterocycles. The molecule has 0 aliphatic rings. The van der Waals surface area contributed by atoms with Crippen molar-refractivity contribution < 1.29 is 4.74 Å². The van der Waals surface area contributed by atoms with Gasteiger partial charge < -0.3 is 15.4 Å². The fourth-order valence-electron chi connectivity index (χ4n) is 1.54. The average molecular weight is 266 g/mol. The summed E-state index contributed by atoms with van der Waals surface area (Å²) < 4.78 is 5.75.